The number of nitrogen functional groups attached to an aromatic ring is 1. The van der Waals surface area contributed by atoms with Crippen LogP contribution in [0.1, 0.15) is 18.2 Å². The number of aromatic nitrogens is 3. The number of anilines is 1. The van der Waals surface area contributed by atoms with Crippen molar-refractivity contribution in [3.8, 4) is 5.69 Å². The van der Waals surface area contributed by atoms with Crippen molar-refractivity contribution in [3.63, 3.8) is 0 Å². The van der Waals surface area contributed by atoms with Crippen LogP contribution in [-0.4, -0.2) is 15.0 Å². The van der Waals surface area contributed by atoms with Gasteiger partial charge < -0.3 is 5.73 Å². The number of nitrogens with zero attached hydrogens (tertiary/aromatic N) is 3. The largest absolute Gasteiger partial charge is 0.381 e. The number of hydrogen-bond acceptors (Lipinski definition) is 3. The van der Waals surface area contributed by atoms with Crippen LogP contribution in [0, 0.1) is 12.7 Å². The second-order valence-electron chi connectivity index (χ2n) is 3.62. The van der Waals surface area contributed by atoms with Crippen LogP contribution < -0.4 is 5.73 Å². The Morgan fingerprint density at radius 2 is 2.19 bits per heavy atom. The molecule has 0 amide bonds. The number of nitrogens with two attached hydrogens (primary N) is 1. The maximum atomic E-state index is 13.2. The maximum absolute atomic E-state index is 13.2. The van der Waals surface area contributed by atoms with E-state index in [-0.39, 0.29) is 5.82 Å². The molecule has 2 aromatic rings. The van der Waals surface area contributed by atoms with Crippen molar-refractivity contribution in [1.82, 2.24) is 15.0 Å². The quantitative estimate of drug-likeness (QED) is 0.840. The van der Waals surface area contributed by atoms with Gasteiger partial charge in [0.25, 0.3) is 0 Å². The SMILES string of the molecule is CCc1c(N)nnn1-c1cc(F)ccc1C. The average Bonchev–Trinajstić information content (AvgIpc) is 2.63. The molecule has 1 aromatic carbocycles. The van der Waals surface area contributed by atoms with E-state index >= 15 is 0 Å². The van der Waals surface area contributed by atoms with Crippen molar-refractivity contribution < 1.29 is 4.39 Å². The highest BCUT2D eigenvalue weighted by Gasteiger charge is 2.12. The second-order valence-corrected chi connectivity index (χ2v) is 3.62. The molecule has 0 unspecified atom stereocenters. The predicted molar refractivity (Wildman–Crippen MR) is 59.8 cm³/mol. The van der Waals surface area contributed by atoms with Gasteiger partial charge in [0.2, 0.25) is 0 Å². The molecule has 2 rings (SSSR count). The molecule has 1 heterocycles. The summed E-state index contributed by atoms with van der Waals surface area (Å²) in [6.45, 7) is 3.85. The van der Waals surface area contributed by atoms with Crippen LogP contribution in [0.4, 0.5) is 10.2 Å². The van der Waals surface area contributed by atoms with Crippen LogP contribution in [-0.2, 0) is 6.42 Å². The summed E-state index contributed by atoms with van der Waals surface area (Å²) in [5.74, 6) is 0.0999. The summed E-state index contributed by atoms with van der Waals surface area (Å²) >= 11 is 0. The molecule has 0 atom stereocenters. The monoisotopic (exact) mass is 220 g/mol. The van der Waals surface area contributed by atoms with Crippen molar-refractivity contribution in [1.29, 1.82) is 0 Å². The van der Waals surface area contributed by atoms with E-state index in [9.17, 15) is 4.39 Å². The van der Waals surface area contributed by atoms with Crippen molar-refractivity contribution in [3.05, 3.63) is 35.3 Å². The number of benzene rings is 1. The zero-order chi connectivity index (χ0) is 11.7. The van der Waals surface area contributed by atoms with Gasteiger partial charge in [0.05, 0.1) is 11.4 Å². The zero-order valence-corrected chi connectivity index (χ0v) is 9.24. The second kappa shape index (κ2) is 3.92. The van der Waals surface area contributed by atoms with E-state index in [1.165, 1.54) is 12.1 Å². The molecule has 84 valence electrons. The molecule has 0 aliphatic heterocycles. The van der Waals surface area contributed by atoms with Crippen molar-refractivity contribution in [2.24, 2.45) is 0 Å². The Bertz CT molecular complexity index is 519. The highest BCUT2D eigenvalue weighted by atomic mass is 19.1. The first kappa shape index (κ1) is 10.6. The third-order valence-corrected chi connectivity index (χ3v) is 2.53. The first-order valence-electron chi connectivity index (χ1n) is 5.10. The normalized spacial score (nSPS) is 10.7. The fourth-order valence-corrected chi connectivity index (χ4v) is 1.65. The number of aryl methyl sites for hydroxylation is 1. The summed E-state index contributed by atoms with van der Waals surface area (Å²) in [6, 6.07) is 4.56. The van der Waals surface area contributed by atoms with Gasteiger partial charge >= 0.3 is 0 Å². The highest BCUT2D eigenvalue weighted by molar-refractivity contribution is 5.45. The highest BCUT2D eigenvalue weighted by Crippen LogP contribution is 2.19. The third-order valence-electron chi connectivity index (χ3n) is 2.53. The molecule has 0 bridgehead atoms. The maximum Gasteiger partial charge on any atom is 0.169 e. The van der Waals surface area contributed by atoms with Gasteiger partial charge in [-0.15, -0.1) is 5.10 Å². The van der Waals surface area contributed by atoms with E-state index in [1.807, 2.05) is 13.8 Å². The van der Waals surface area contributed by atoms with E-state index in [0.717, 1.165) is 11.3 Å². The van der Waals surface area contributed by atoms with E-state index in [2.05, 4.69) is 10.3 Å². The molecule has 0 aliphatic carbocycles. The molecule has 0 saturated heterocycles. The van der Waals surface area contributed by atoms with Gasteiger partial charge in [0.15, 0.2) is 5.82 Å². The van der Waals surface area contributed by atoms with Gasteiger partial charge in [-0.2, -0.15) is 0 Å². The Labute approximate surface area is 92.9 Å². The summed E-state index contributed by atoms with van der Waals surface area (Å²) in [4.78, 5) is 0. The summed E-state index contributed by atoms with van der Waals surface area (Å²) in [7, 11) is 0. The Morgan fingerprint density at radius 3 is 2.88 bits per heavy atom. The molecule has 0 spiro atoms. The molecule has 0 fully saturated rings. The Morgan fingerprint density at radius 1 is 1.44 bits per heavy atom. The lowest BCUT2D eigenvalue weighted by Crippen LogP contribution is -2.05. The minimum absolute atomic E-state index is 0.295. The van der Waals surface area contributed by atoms with Crippen LogP contribution in [0.5, 0.6) is 0 Å². The third kappa shape index (κ3) is 1.64. The molecular formula is C11H13FN4. The minimum Gasteiger partial charge on any atom is -0.381 e. The van der Waals surface area contributed by atoms with Gasteiger partial charge in [-0.05, 0) is 31.0 Å². The predicted octanol–water partition coefficient (Wildman–Crippen LogP) is 1.86. The lowest BCUT2D eigenvalue weighted by atomic mass is 10.2. The molecule has 16 heavy (non-hydrogen) atoms. The number of halogens is 1. The Balaban J connectivity index is 2.62. The van der Waals surface area contributed by atoms with Gasteiger partial charge in [-0.25, -0.2) is 9.07 Å². The molecule has 4 nitrogen and oxygen atoms in total. The zero-order valence-electron chi connectivity index (χ0n) is 9.24. The van der Waals surface area contributed by atoms with Gasteiger partial charge in [-0.1, -0.05) is 18.2 Å². The lowest BCUT2D eigenvalue weighted by Gasteiger charge is -2.08. The lowest BCUT2D eigenvalue weighted by molar-refractivity contribution is 0.623. The summed E-state index contributed by atoms with van der Waals surface area (Å²) < 4.78 is 14.8. The minimum atomic E-state index is -0.295. The standard InChI is InChI=1S/C11H13FN4/c1-3-9-11(13)14-15-16(9)10-6-8(12)5-4-7(10)2/h4-6H,3,13H2,1-2H3. The molecule has 2 N–H and O–H groups in total. The molecule has 1 aromatic heterocycles. The number of rotatable bonds is 2. The van der Waals surface area contributed by atoms with E-state index in [0.29, 0.717) is 17.9 Å². The summed E-state index contributed by atoms with van der Waals surface area (Å²) in [5, 5.41) is 7.74. The van der Waals surface area contributed by atoms with E-state index in [1.54, 1.807) is 10.7 Å². The van der Waals surface area contributed by atoms with Gasteiger partial charge in [-0.3, -0.25) is 0 Å². The van der Waals surface area contributed by atoms with Crippen LogP contribution in [0.25, 0.3) is 5.69 Å². The fourth-order valence-electron chi connectivity index (χ4n) is 1.65. The average molecular weight is 220 g/mol. The first-order valence-corrected chi connectivity index (χ1v) is 5.10. The van der Waals surface area contributed by atoms with Gasteiger partial charge in [0.1, 0.15) is 5.82 Å². The van der Waals surface area contributed by atoms with Crippen LogP contribution in [0.3, 0.4) is 0 Å². The van der Waals surface area contributed by atoms with E-state index in [4.69, 9.17) is 5.73 Å². The molecule has 0 saturated carbocycles. The smallest absolute Gasteiger partial charge is 0.169 e. The van der Waals surface area contributed by atoms with Gasteiger partial charge in [0, 0.05) is 0 Å². The van der Waals surface area contributed by atoms with E-state index < -0.39 is 0 Å². The van der Waals surface area contributed by atoms with Crippen LogP contribution in [0.15, 0.2) is 18.2 Å². The Kier molecular flexibility index (Phi) is 2.60. The molecular weight excluding hydrogens is 207 g/mol. The first-order chi connectivity index (χ1) is 7.63. The van der Waals surface area contributed by atoms with Crippen LogP contribution in [0.2, 0.25) is 0 Å². The van der Waals surface area contributed by atoms with Crippen molar-refractivity contribution in [2.75, 3.05) is 5.73 Å². The summed E-state index contributed by atoms with van der Waals surface area (Å²) in [6.07, 6.45) is 0.703. The Hall–Kier alpha value is -1.91. The molecule has 5 heteroatoms. The molecule has 0 aliphatic rings. The fraction of sp³-hybridized carbons (Fsp3) is 0.273. The number of hydrogen-bond donors (Lipinski definition) is 1. The van der Waals surface area contributed by atoms with Crippen LogP contribution >= 0.6 is 0 Å². The molecule has 0 radical (unpaired) electrons. The van der Waals surface area contributed by atoms with Crippen molar-refractivity contribution in [2.45, 2.75) is 20.3 Å². The summed E-state index contributed by atoms with van der Waals surface area (Å²) in [5.41, 5.74) is 8.10. The van der Waals surface area contributed by atoms with Crippen molar-refractivity contribution >= 4 is 5.82 Å². The topological polar surface area (TPSA) is 56.7 Å².